The maximum atomic E-state index is 12.0. The van der Waals surface area contributed by atoms with Gasteiger partial charge in [0.05, 0.1) is 0 Å². The van der Waals surface area contributed by atoms with Crippen molar-refractivity contribution in [1.29, 1.82) is 0 Å². The van der Waals surface area contributed by atoms with Gasteiger partial charge in [0.25, 0.3) is 0 Å². The predicted molar refractivity (Wildman–Crippen MR) is 65.5 cm³/mol. The molecule has 1 fully saturated rings. The van der Waals surface area contributed by atoms with Gasteiger partial charge in [-0.3, -0.25) is 0 Å². The Morgan fingerprint density at radius 1 is 1.44 bits per heavy atom. The summed E-state index contributed by atoms with van der Waals surface area (Å²) in [5, 5.41) is 3.44. The molecule has 1 aliphatic carbocycles. The van der Waals surface area contributed by atoms with Crippen LogP contribution in [0.5, 0.6) is 5.75 Å². The number of halogens is 2. The predicted octanol–water partition coefficient (Wildman–Crippen LogP) is 3.05. The van der Waals surface area contributed by atoms with Crippen LogP contribution in [0.3, 0.4) is 0 Å². The summed E-state index contributed by atoms with van der Waals surface area (Å²) in [5.74, 6) is 0.730. The summed E-state index contributed by atoms with van der Waals surface area (Å²) in [6.07, 6.45) is 2.55. The molecule has 4 heteroatoms. The third-order valence-electron chi connectivity index (χ3n) is 2.52. The van der Waals surface area contributed by atoms with Crippen LogP contribution < -0.4 is 10.1 Å². The van der Waals surface area contributed by atoms with Crippen LogP contribution in [0.25, 0.3) is 0 Å². The van der Waals surface area contributed by atoms with Gasteiger partial charge in [-0.15, -0.1) is 0 Å². The minimum atomic E-state index is -0.453. The van der Waals surface area contributed by atoms with Crippen molar-refractivity contribution in [2.24, 2.45) is 0 Å². The summed E-state index contributed by atoms with van der Waals surface area (Å²) < 4.78 is 18.3. The quantitative estimate of drug-likeness (QED) is 0.868. The lowest BCUT2D eigenvalue weighted by Crippen LogP contribution is -2.15. The highest BCUT2D eigenvalue weighted by Gasteiger charge is 2.20. The maximum Gasteiger partial charge on any atom is 0.123 e. The standard InChI is InChI=1S/C12H15BrFNO/c13-12-4-3-11(16-6-5-14)7-9(12)8-15-10-1-2-10/h3-4,7,10,15H,1-2,5-6,8H2. The normalized spacial score (nSPS) is 15.1. The summed E-state index contributed by atoms with van der Waals surface area (Å²) in [7, 11) is 0. The number of benzene rings is 1. The number of rotatable bonds is 6. The van der Waals surface area contributed by atoms with Crippen molar-refractivity contribution in [3.63, 3.8) is 0 Å². The first kappa shape index (κ1) is 11.9. The van der Waals surface area contributed by atoms with E-state index in [0.717, 1.165) is 22.3 Å². The van der Waals surface area contributed by atoms with Gasteiger partial charge in [0.15, 0.2) is 0 Å². The van der Waals surface area contributed by atoms with E-state index in [4.69, 9.17) is 4.74 Å². The van der Waals surface area contributed by atoms with Crippen molar-refractivity contribution < 1.29 is 9.13 Å². The molecule has 1 saturated carbocycles. The molecule has 0 saturated heterocycles. The minimum absolute atomic E-state index is 0.122. The van der Waals surface area contributed by atoms with E-state index < -0.39 is 6.67 Å². The molecule has 1 aromatic carbocycles. The average molecular weight is 288 g/mol. The number of hydrogen-bond donors (Lipinski definition) is 1. The van der Waals surface area contributed by atoms with E-state index in [9.17, 15) is 4.39 Å². The number of alkyl halides is 1. The van der Waals surface area contributed by atoms with E-state index in [1.54, 1.807) is 0 Å². The average Bonchev–Trinajstić information content (AvgIpc) is 3.10. The number of nitrogens with one attached hydrogen (secondary N) is 1. The van der Waals surface area contributed by atoms with Crippen molar-refractivity contribution in [3.8, 4) is 5.75 Å². The van der Waals surface area contributed by atoms with Crippen molar-refractivity contribution in [3.05, 3.63) is 28.2 Å². The first-order valence-corrected chi connectivity index (χ1v) is 6.29. The Morgan fingerprint density at radius 3 is 2.94 bits per heavy atom. The Bertz CT molecular complexity index is 355. The second-order valence-electron chi connectivity index (χ2n) is 3.95. The van der Waals surface area contributed by atoms with E-state index in [-0.39, 0.29) is 6.61 Å². The summed E-state index contributed by atoms with van der Waals surface area (Å²) in [4.78, 5) is 0. The zero-order chi connectivity index (χ0) is 11.4. The topological polar surface area (TPSA) is 21.3 Å². The van der Waals surface area contributed by atoms with Crippen molar-refractivity contribution in [2.45, 2.75) is 25.4 Å². The fourth-order valence-corrected chi connectivity index (χ4v) is 1.86. The van der Waals surface area contributed by atoms with Crippen molar-refractivity contribution in [1.82, 2.24) is 5.32 Å². The molecule has 0 atom stereocenters. The lowest BCUT2D eigenvalue weighted by Gasteiger charge is -2.09. The van der Waals surface area contributed by atoms with Crippen LogP contribution >= 0.6 is 15.9 Å². The van der Waals surface area contributed by atoms with Crippen molar-refractivity contribution >= 4 is 15.9 Å². The van der Waals surface area contributed by atoms with Crippen LogP contribution in [-0.4, -0.2) is 19.3 Å². The van der Waals surface area contributed by atoms with Crippen LogP contribution in [0, 0.1) is 0 Å². The molecule has 0 radical (unpaired) electrons. The lowest BCUT2D eigenvalue weighted by molar-refractivity contribution is 0.273. The second kappa shape index (κ2) is 5.64. The molecule has 1 aliphatic rings. The van der Waals surface area contributed by atoms with Gasteiger partial charge < -0.3 is 10.1 Å². The largest absolute Gasteiger partial charge is 0.491 e. The van der Waals surface area contributed by atoms with E-state index in [0.29, 0.717) is 6.04 Å². The highest BCUT2D eigenvalue weighted by molar-refractivity contribution is 9.10. The van der Waals surface area contributed by atoms with Crippen LogP contribution in [-0.2, 0) is 6.54 Å². The van der Waals surface area contributed by atoms with E-state index in [1.165, 1.54) is 12.8 Å². The molecule has 0 aromatic heterocycles. The van der Waals surface area contributed by atoms with Gasteiger partial charge in [-0.1, -0.05) is 15.9 Å². The molecule has 2 rings (SSSR count). The molecule has 1 aromatic rings. The van der Waals surface area contributed by atoms with Crippen LogP contribution in [0.1, 0.15) is 18.4 Å². The molecule has 88 valence electrons. The fourth-order valence-electron chi connectivity index (χ4n) is 1.47. The molecule has 0 unspecified atom stereocenters. The molecule has 0 bridgehead atoms. The first-order valence-electron chi connectivity index (χ1n) is 5.50. The molecule has 0 amide bonds. The third kappa shape index (κ3) is 3.46. The lowest BCUT2D eigenvalue weighted by atomic mass is 10.2. The van der Waals surface area contributed by atoms with Crippen molar-refractivity contribution in [2.75, 3.05) is 13.3 Å². The van der Waals surface area contributed by atoms with Gasteiger partial charge in [-0.05, 0) is 36.6 Å². The monoisotopic (exact) mass is 287 g/mol. The van der Waals surface area contributed by atoms with Gasteiger partial charge in [-0.2, -0.15) is 0 Å². The fraction of sp³-hybridized carbons (Fsp3) is 0.500. The first-order chi connectivity index (χ1) is 7.79. The van der Waals surface area contributed by atoms with E-state index >= 15 is 0 Å². The highest BCUT2D eigenvalue weighted by atomic mass is 79.9. The highest BCUT2D eigenvalue weighted by Crippen LogP contribution is 2.25. The Kier molecular flexibility index (Phi) is 4.18. The van der Waals surface area contributed by atoms with E-state index in [1.807, 2.05) is 18.2 Å². The molecule has 0 aliphatic heterocycles. The minimum Gasteiger partial charge on any atom is -0.491 e. The molecule has 1 N–H and O–H groups in total. The molecule has 16 heavy (non-hydrogen) atoms. The van der Waals surface area contributed by atoms with Gasteiger partial charge in [0.2, 0.25) is 0 Å². The van der Waals surface area contributed by atoms with Crippen LogP contribution in [0.4, 0.5) is 4.39 Å². The Labute approximate surface area is 103 Å². The van der Waals surface area contributed by atoms with Gasteiger partial charge in [-0.25, -0.2) is 4.39 Å². The SMILES string of the molecule is FCCOc1ccc(Br)c(CNC2CC2)c1. The molecule has 0 spiro atoms. The van der Waals surface area contributed by atoms with Crippen LogP contribution in [0.2, 0.25) is 0 Å². The van der Waals surface area contributed by atoms with Crippen LogP contribution in [0.15, 0.2) is 22.7 Å². The van der Waals surface area contributed by atoms with Gasteiger partial charge in [0.1, 0.15) is 19.0 Å². The summed E-state index contributed by atoms with van der Waals surface area (Å²) in [5.41, 5.74) is 1.16. The van der Waals surface area contributed by atoms with Gasteiger partial charge in [0, 0.05) is 17.1 Å². The number of hydrogen-bond acceptors (Lipinski definition) is 2. The zero-order valence-corrected chi connectivity index (χ0v) is 10.6. The Balaban J connectivity index is 1.96. The zero-order valence-electron chi connectivity index (χ0n) is 9.01. The number of ether oxygens (including phenoxy) is 1. The maximum absolute atomic E-state index is 12.0. The summed E-state index contributed by atoms with van der Waals surface area (Å²) in [6.45, 7) is 0.501. The molecular formula is C12H15BrFNO. The Morgan fingerprint density at radius 2 is 2.25 bits per heavy atom. The molecular weight excluding hydrogens is 273 g/mol. The Hall–Kier alpha value is -0.610. The van der Waals surface area contributed by atoms with E-state index in [2.05, 4.69) is 21.2 Å². The summed E-state index contributed by atoms with van der Waals surface area (Å²) in [6, 6.07) is 6.43. The molecule has 0 heterocycles. The smallest absolute Gasteiger partial charge is 0.123 e. The third-order valence-corrected chi connectivity index (χ3v) is 3.30. The molecule has 2 nitrogen and oxygen atoms in total. The summed E-state index contributed by atoms with van der Waals surface area (Å²) >= 11 is 3.50. The van der Waals surface area contributed by atoms with Gasteiger partial charge >= 0.3 is 0 Å². The second-order valence-corrected chi connectivity index (χ2v) is 4.80.